The molecule has 0 atom stereocenters. The first-order chi connectivity index (χ1) is 9.06. The Balaban J connectivity index is 2.82. The van der Waals surface area contributed by atoms with Gasteiger partial charge < -0.3 is 9.84 Å². The summed E-state index contributed by atoms with van der Waals surface area (Å²) in [5.74, 6) is -1.26. The summed E-state index contributed by atoms with van der Waals surface area (Å²) in [4.78, 5) is 21.9. The van der Waals surface area contributed by atoms with Gasteiger partial charge in [-0.2, -0.15) is 5.26 Å². The molecule has 0 saturated heterocycles. The van der Waals surface area contributed by atoms with Crippen molar-refractivity contribution in [3.63, 3.8) is 0 Å². The quantitative estimate of drug-likeness (QED) is 0.787. The van der Waals surface area contributed by atoms with E-state index in [1.54, 1.807) is 25.1 Å². The maximum absolute atomic E-state index is 11.4. The van der Waals surface area contributed by atoms with Gasteiger partial charge in [0.1, 0.15) is 0 Å². The van der Waals surface area contributed by atoms with Gasteiger partial charge in [0.05, 0.1) is 24.7 Å². The Morgan fingerprint density at radius 1 is 1.42 bits per heavy atom. The van der Waals surface area contributed by atoms with Gasteiger partial charge in [-0.3, -0.25) is 9.59 Å². The number of hydrogen-bond acceptors (Lipinski definition) is 4. The number of carboxylic acids is 1. The van der Waals surface area contributed by atoms with Crippen molar-refractivity contribution in [2.24, 2.45) is 0 Å². The van der Waals surface area contributed by atoms with Gasteiger partial charge in [-0.05, 0) is 30.5 Å². The second kappa shape index (κ2) is 7.17. The second-order valence-corrected chi connectivity index (χ2v) is 3.98. The number of benzene rings is 1. The highest BCUT2D eigenvalue weighted by Gasteiger charge is 2.10. The van der Waals surface area contributed by atoms with Gasteiger partial charge in [-0.15, -0.1) is 0 Å². The maximum Gasteiger partial charge on any atom is 0.310 e. The first kappa shape index (κ1) is 14.7. The van der Waals surface area contributed by atoms with Crippen LogP contribution in [-0.4, -0.2) is 23.7 Å². The predicted molar refractivity (Wildman–Crippen MR) is 67.5 cm³/mol. The third-order valence-corrected chi connectivity index (χ3v) is 2.56. The lowest BCUT2D eigenvalue weighted by Crippen LogP contribution is -2.09. The molecule has 100 valence electrons. The Morgan fingerprint density at radius 2 is 2.16 bits per heavy atom. The lowest BCUT2D eigenvalue weighted by Gasteiger charge is -2.06. The van der Waals surface area contributed by atoms with E-state index in [1.807, 2.05) is 6.07 Å². The number of aliphatic carboxylic acids is 1. The molecule has 0 fully saturated rings. The number of nitrogens with zero attached hydrogens (tertiary/aromatic N) is 1. The summed E-state index contributed by atoms with van der Waals surface area (Å²) in [6.07, 6.45) is 0.432. The van der Waals surface area contributed by atoms with Crippen molar-refractivity contribution in [2.45, 2.75) is 26.2 Å². The molecule has 0 amide bonds. The average Bonchev–Trinajstić information content (AvgIpc) is 2.37. The standard InChI is InChI=1S/C14H15NO4/c1-2-19-14(18)8-11-5-3-10(4-6-13(16)17)7-12(11)9-15/h3,5,7H,2,4,6,8H2,1H3,(H,16,17). The summed E-state index contributed by atoms with van der Waals surface area (Å²) in [6.45, 7) is 2.02. The number of hydrogen-bond donors (Lipinski definition) is 1. The van der Waals surface area contributed by atoms with E-state index in [4.69, 9.17) is 15.1 Å². The van der Waals surface area contributed by atoms with Gasteiger partial charge in [-0.1, -0.05) is 12.1 Å². The van der Waals surface area contributed by atoms with E-state index in [0.717, 1.165) is 5.56 Å². The van der Waals surface area contributed by atoms with Crippen LogP contribution < -0.4 is 0 Å². The van der Waals surface area contributed by atoms with E-state index < -0.39 is 5.97 Å². The Kier molecular flexibility index (Phi) is 5.55. The van der Waals surface area contributed by atoms with Crippen molar-refractivity contribution < 1.29 is 19.4 Å². The van der Waals surface area contributed by atoms with Crippen molar-refractivity contribution in [3.05, 3.63) is 34.9 Å². The second-order valence-electron chi connectivity index (χ2n) is 3.98. The topological polar surface area (TPSA) is 87.4 Å². The van der Waals surface area contributed by atoms with E-state index in [2.05, 4.69) is 0 Å². The van der Waals surface area contributed by atoms with E-state index >= 15 is 0 Å². The number of carbonyl (C=O) groups is 2. The normalized spacial score (nSPS) is 9.68. The summed E-state index contributed by atoms with van der Waals surface area (Å²) >= 11 is 0. The first-order valence-electron chi connectivity index (χ1n) is 5.96. The molecule has 0 aliphatic heterocycles. The molecule has 1 rings (SSSR count). The van der Waals surface area contributed by atoms with Crippen LogP contribution in [0.5, 0.6) is 0 Å². The van der Waals surface area contributed by atoms with E-state index in [9.17, 15) is 9.59 Å². The number of ether oxygens (including phenoxy) is 1. The van der Waals surface area contributed by atoms with Gasteiger partial charge in [0, 0.05) is 6.42 Å². The Bertz CT molecular complexity index is 517. The van der Waals surface area contributed by atoms with Crippen molar-refractivity contribution in [1.29, 1.82) is 5.26 Å². The van der Waals surface area contributed by atoms with Crippen LogP contribution >= 0.6 is 0 Å². The van der Waals surface area contributed by atoms with Gasteiger partial charge in [0.2, 0.25) is 0 Å². The molecule has 1 aromatic carbocycles. The smallest absolute Gasteiger partial charge is 0.310 e. The molecule has 0 heterocycles. The number of rotatable bonds is 6. The molecule has 1 aromatic rings. The minimum absolute atomic E-state index is 0.0160. The largest absolute Gasteiger partial charge is 0.481 e. The van der Waals surface area contributed by atoms with Crippen LogP contribution in [0.2, 0.25) is 0 Å². The summed E-state index contributed by atoms with van der Waals surface area (Å²) in [5, 5.41) is 17.7. The van der Waals surface area contributed by atoms with Crippen molar-refractivity contribution in [2.75, 3.05) is 6.61 Å². The average molecular weight is 261 g/mol. The lowest BCUT2D eigenvalue weighted by atomic mass is 10.00. The summed E-state index contributed by atoms with van der Waals surface area (Å²) in [5.41, 5.74) is 1.75. The number of carbonyl (C=O) groups excluding carboxylic acids is 1. The summed E-state index contributed by atoms with van der Waals surface area (Å²) < 4.78 is 4.83. The Labute approximate surface area is 111 Å². The minimum Gasteiger partial charge on any atom is -0.481 e. The number of nitriles is 1. The van der Waals surface area contributed by atoms with Crippen LogP contribution in [0, 0.1) is 11.3 Å². The summed E-state index contributed by atoms with van der Waals surface area (Å²) in [7, 11) is 0. The molecule has 0 radical (unpaired) electrons. The Morgan fingerprint density at radius 3 is 2.74 bits per heavy atom. The van der Waals surface area contributed by atoms with E-state index in [0.29, 0.717) is 24.2 Å². The minimum atomic E-state index is -0.880. The lowest BCUT2D eigenvalue weighted by molar-refractivity contribution is -0.142. The summed E-state index contributed by atoms with van der Waals surface area (Å²) in [6, 6.07) is 7.05. The highest BCUT2D eigenvalue weighted by atomic mass is 16.5. The molecule has 0 saturated carbocycles. The van der Waals surface area contributed by atoms with Crippen LogP contribution in [0.1, 0.15) is 30.0 Å². The fraction of sp³-hybridized carbons (Fsp3) is 0.357. The molecule has 5 heteroatoms. The van der Waals surface area contributed by atoms with Gasteiger partial charge in [0.15, 0.2) is 0 Å². The van der Waals surface area contributed by atoms with Gasteiger partial charge in [0.25, 0.3) is 0 Å². The number of carboxylic acid groups (broad SMARTS) is 1. The third kappa shape index (κ3) is 4.80. The van der Waals surface area contributed by atoms with Crippen molar-refractivity contribution in [3.8, 4) is 6.07 Å². The van der Waals surface area contributed by atoms with Crippen molar-refractivity contribution in [1.82, 2.24) is 0 Å². The van der Waals surface area contributed by atoms with Crippen LogP contribution in [-0.2, 0) is 27.2 Å². The van der Waals surface area contributed by atoms with Crippen LogP contribution in [0.15, 0.2) is 18.2 Å². The first-order valence-corrected chi connectivity index (χ1v) is 5.96. The van der Waals surface area contributed by atoms with Crippen LogP contribution in [0.3, 0.4) is 0 Å². The molecule has 0 aliphatic carbocycles. The highest BCUT2D eigenvalue weighted by molar-refractivity contribution is 5.73. The molecule has 0 aliphatic rings. The number of esters is 1. The monoisotopic (exact) mass is 261 g/mol. The molecule has 0 bridgehead atoms. The zero-order chi connectivity index (χ0) is 14.3. The zero-order valence-electron chi connectivity index (χ0n) is 10.7. The fourth-order valence-electron chi connectivity index (χ4n) is 1.66. The SMILES string of the molecule is CCOC(=O)Cc1ccc(CCC(=O)O)cc1C#N. The Hall–Kier alpha value is -2.35. The third-order valence-electron chi connectivity index (χ3n) is 2.56. The van der Waals surface area contributed by atoms with E-state index in [-0.39, 0.29) is 18.8 Å². The molecule has 0 spiro atoms. The molecular weight excluding hydrogens is 246 g/mol. The van der Waals surface area contributed by atoms with Gasteiger partial charge in [-0.25, -0.2) is 0 Å². The van der Waals surface area contributed by atoms with E-state index in [1.165, 1.54) is 0 Å². The van der Waals surface area contributed by atoms with Crippen molar-refractivity contribution >= 4 is 11.9 Å². The molecule has 19 heavy (non-hydrogen) atoms. The molecular formula is C14H15NO4. The molecule has 0 aromatic heterocycles. The van der Waals surface area contributed by atoms with Gasteiger partial charge >= 0.3 is 11.9 Å². The molecule has 0 unspecified atom stereocenters. The number of aryl methyl sites for hydroxylation is 1. The molecule has 5 nitrogen and oxygen atoms in total. The maximum atomic E-state index is 11.4. The highest BCUT2D eigenvalue weighted by Crippen LogP contribution is 2.14. The van der Waals surface area contributed by atoms with Crippen LogP contribution in [0.4, 0.5) is 0 Å². The predicted octanol–water partition coefficient (Wildman–Crippen LogP) is 1.68. The zero-order valence-corrected chi connectivity index (χ0v) is 10.7. The van der Waals surface area contributed by atoms with Crippen LogP contribution in [0.25, 0.3) is 0 Å². The molecule has 1 N–H and O–H groups in total. The fourth-order valence-corrected chi connectivity index (χ4v) is 1.66.